The van der Waals surface area contributed by atoms with Crippen LogP contribution in [-0.2, 0) is 4.79 Å². The highest BCUT2D eigenvalue weighted by Gasteiger charge is 2.29. The third-order valence-corrected chi connectivity index (χ3v) is 2.84. The van der Waals surface area contributed by atoms with Crippen LogP contribution in [0.25, 0.3) is 0 Å². The fourth-order valence-corrected chi connectivity index (χ4v) is 1.93. The monoisotopic (exact) mass is 235 g/mol. The third-order valence-electron chi connectivity index (χ3n) is 2.84. The molecule has 0 aromatic heterocycles. The second-order valence-electron chi connectivity index (χ2n) is 3.88. The van der Waals surface area contributed by atoms with E-state index < -0.39 is 4.92 Å². The van der Waals surface area contributed by atoms with Crippen LogP contribution >= 0.6 is 0 Å². The molecule has 1 saturated heterocycles. The smallest absolute Gasteiger partial charge is 0.269 e. The van der Waals surface area contributed by atoms with Crippen molar-refractivity contribution in [1.29, 1.82) is 0 Å². The quantitative estimate of drug-likeness (QED) is 0.627. The predicted octanol–water partition coefficient (Wildman–Crippen LogP) is 1.05. The summed E-state index contributed by atoms with van der Waals surface area (Å²) in [6.07, 6.45) is -0.173. The Morgan fingerprint density at radius 1 is 1.47 bits per heavy atom. The summed E-state index contributed by atoms with van der Waals surface area (Å²) >= 11 is 0. The predicted molar refractivity (Wildman–Crippen MR) is 61.2 cm³/mol. The van der Waals surface area contributed by atoms with Gasteiger partial charge in [0.15, 0.2) is 0 Å². The minimum atomic E-state index is -0.436. The van der Waals surface area contributed by atoms with Gasteiger partial charge in [0.1, 0.15) is 6.17 Å². The highest BCUT2D eigenvalue weighted by molar-refractivity contribution is 5.80. The standard InChI is InChI=1S/C11H13N3O3/c1-2-13-7-10(15)12-11(13)8-3-5-9(6-4-8)14(16)17/h3-6,11H,2,7H2,1H3,(H,12,15)/t11-/m1/s1. The van der Waals surface area contributed by atoms with Gasteiger partial charge in [-0.3, -0.25) is 19.8 Å². The molecule has 0 radical (unpaired) electrons. The molecule has 1 heterocycles. The minimum absolute atomic E-state index is 0.0183. The average molecular weight is 235 g/mol. The van der Waals surface area contributed by atoms with Gasteiger partial charge in [-0.25, -0.2) is 0 Å². The van der Waals surface area contributed by atoms with Crippen LogP contribution in [0.15, 0.2) is 24.3 Å². The van der Waals surface area contributed by atoms with E-state index >= 15 is 0 Å². The maximum absolute atomic E-state index is 11.3. The number of carbonyl (C=O) groups excluding carboxylic acids is 1. The van der Waals surface area contributed by atoms with Crippen LogP contribution in [-0.4, -0.2) is 28.8 Å². The van der Waals surface area contributed by atoms with Crippen molar-refractivity contribution in [3.8, 4) is 0 Å². The highest BCUT2D eigenvalue weighted by Crippen LogP contribution is 2.23. The molecule has 1 aromatic carbocycles. The molecule has 6 nitrogen and oxygen atoms in total. The van der Waals surface area contributed by atoms with E-state index in [-0.39, 0.29) is 17.8 Å². The number of nitro benzene ring substituents is 1. The van der Waals surface area contributed by atoms with Crippen LogP contribution < -0.4 is 5.32 Å². The third kappa shape index (κ3) is 2.26. The van der Waals surface area contributed by atoms with Crippen LogP contribution in [0.1, 0.15) is 18.7 Å². The Balaban J connectivity index is 2.22. The van der Waals surface area contributed by atoms with Gasteiger partial charge >= 0.3 is 0 Å². The molecule has 1 amide bonds. The summed E-state index contributed by atoms with van der Waals surface area (Å²) in [6.45, 7) is 3.09. The fourth-order valence-electron chi connectivity index (χ4n) is 1.93. The maximum Gasteiger partial charge on any atom is 0.269 e. The summed E-state index contributed by atoms with van der Waals surface area (Å²) in [5.41, 5.74) is 0.921. The summed E-state index contributed by atoms with van der Waals surface area (Å²) in [4.78, 5) is 23.4. The van der Waals surface area contributed by atoms with E-state index in [1.165, 1.54) is 12.1 Å². The lowest BCUT2D eigenvalue weighted by Gasteiger charge is -2.21. The van der Waals surface area contributed by atoms with E-state index in [9.17, 15) is 14.9 Å². The molecule has 0 aliphatic carbocycles. The van der Waals surface area contributed by atoms with Gasteiger partial charge in [0.2, 0.25) is 5.91 Å². The molecule has 0 bridgehead atoms. The van der Waals surface area contributed by atoms with E-state index in [0.29, 0.717) is 6.54 Å². The number of amides is 1. The number of likely N-dealkylation sites (N-methyl/N-ethyl adjacent to an activating group) is 1. The number of rotatable bonds is 3. The van der Waals surface area contributed by atoms with Gasteiger partial charge in [0.05, 0.1) is 11.5 Å². The Labute approximate surface area is 98.4 Å². The molecule has 0 spiro atoms. The largest absolute Gasteiger partial charge is 0.335 e. The second-order valence-corrected chi connectivity index (χ2v) is 3.88. The van der Waals surface area contributed by atoms with Crippen molar-refractivity contribution in [2.45, 2.75) is 13.1 Å². The molecule has 0 unspecified atom stereocenters. The zero-order chi connectivity index (χ0) is 12.4. The Kier molecular flexibility index (Phi) is 3.06. The van der Waals surface area contributed by atoms with E-state index in [2.05, 4.69) is 5.32 Å². The number of nitrogens with zero attached hydrogens (tertiary/aromatic N) is 2. The van der Waals surface area contributed by atoms with E-state index in [4.69, 9.17) is 0 Å². The number of carbonyl (C=O) groups is 1. The molecular weight excluding hydrogens is 222 g/mol. The summed E-state index contributed by atoms with van der Waals surface area (Å²) in [6, 6.07) is 6.26. The Morgan fingerprint density at radius 2 is 2.12 bits per heavy atom. The molecule has 2 rings (SSSR count). The SMILES string of the molecule is CCN1CC(=O)N[C@H]1c1ccc([N+](=O)[O-])cc1. The molecular formula is C11H13N3O3. The zero-order valence-electron chi connectivity index (χ0n) is 9.42. The molecule has 1 N–H and O–H groups in total. The maximum atomic E-state index is 11.3. The summed E-state index contributed by atoms with van der Waals surface area (Å²) in [5.74, 6) is -0.0183. The van der Waals surface area contributed by atoms with Crippen molar-refractivity contribution in [3.05, 3.63) is 39.9 Å². The number of non-ortho nitro benzene ring substituents is 1. The van der Waals surface area contributed by atoms with E-state index in [1.807, 2.05) is 11.8 Å². The number of benzene rings is 1. The van der Waals surface area contributed by atoms with Crippen LogP contribution in [0, 0.1) is 10.1 Å². The van der Waals surface area contributed by atoms with Crippen molar-refractivity contribution < 1.29 is 9.72 Å². The average Bonchev–Trinajstić information content (AvgIpc) is 2.70. The molecule has 1 aliphatic rings. The van der Waals surface area contributed by atoms with Gasteiger partial charge in [-0.15, -0.1) is 0 Å². The van der Waals surface area contributed by atoms with Crippen molar-refractivity contribution in [1.82, 2.24) is 10.2 Å². The topological polar surface area (TPSA) is 75.5 Å². The molecule has 17 heavy (non-hydrogen) atoms. The summed E-state index contributed by atoms with van der Waals surface area (Å²) in [5, 5.41) is 13.4. The van der Waals surface area contributed by atoms with Crippen molar-refractivity contribution in [2.24, 2.45) is 0 Å². The Morgan fingerprint density at radius 3 is 2.65 bits per heavy atom. The van der Waals surface area contributed by atoms with E-state index in [1.54, 1.807) is 12.1 Å². The Hall–Kier alpha value is -1.95. The molecule has 90 valence electrons. The van der Waals surface area contributed by atoms with Gasteiger partial charge in [-0.1, -0.05) is 6.92 Å². The second kappa shape index (κ2) is 4.50. The van der Waals surface area contributed by atoms with Gasteiger partial charge < -0.3 is 5.32 Å². The first-order valence-corrected chi connectivity index (χ1v) is 5.39. The zero-order valence-corrected chi connectivity index (χ0v) is 9.42. The normalized spacial score (nSPS) is 20.3. The van der Waals surface area contributed by atoms with Gasteiger partial charge in [-0.2, -0.15) is 0 Å². The molecule has 1 atom stereocenters. The lowest BCUT2D eigenvalue weighted by Crippen LogP contribution is -2.27. The van der Waals surface area contributed by atoms with E-state index in [0.717, 1.165) is 12.1 Å². The lowest BCUT2D eigenvalue weighted by atomic mass is 10.1. The lowest BCUT2D eigenvalue weighted by molar-refractivity contribution is -0.384. The first-order chi connectivity index (χ1) is 8.11. The number of hydrogen-bond acceptors (Lipinski definition) is 4. The molecule has 0 saturated carbocycles. The summed E-state index contributed by atoms with van der Waals surface area (Å²) < 4.78 is 0. The van der Waals surface area contributed by atoms with Crippen molar-refractivity contribution in [3.63, 3.8) is 0 Å². The minimum Gasteiger partial charge on any atom is -0.335 e. The van der Waals surface area contributed by atoms with Crippen LogP contribution in [0.4, 0.5) is 5.69 Å². The first-order valence-electron chi connectivity index (χ1n) is 5.39. The number of nitro groups is 1. The first kappa shape index (κ1) is 11.5. The van der Waals surface area contributed by atoms with Crippen molar-refractivity contribution >= 4 is 11.6 Å². The van der Waals surface area contributed by atoms with Crippen LogP contribution in [0.3, 0.4) is 0 Å². The van der Waals surface area contributed by atoms with Gasteiger partial charge in [0.25, 0.3) is 5.69 Å². The molecule has 1 fully saturated rings. The molecule has 6 heteroatoms. The van der Waals surface area contributed by atoms with Crippen LogP contribution in [0.5, 0.6) is 0 Å². The fraction of sp³-hybridized carbons (Fsp3) is 0.364. The van der Waals surface area contributed by atoms with Crippen molar-refractivity contribution in [2.75, 3.05) is 13.1 Å². The molecule has 1 aliphatic heterocycles. The number of nitrogens with one attached hydrogen (secondary N) is 1. The Bertz CT molecular complexity index is 444. The number of hydrogen-bond donors (Lipinski definition) is 1. The van der Waals surface area contributed by atoms with Gasteiger partial charge in [-0.05, 0) is 24.2 Å². The van der Waals surface area contributed by atoms with Crippen LogP contribution in [0.2, 0.25) is 0 Å². The van der Waals surface area contributed by atoms with Gasteiger partial charge in [0, 0.05) is 12.1 Å². The molecule has 1 aromatic rings. The highest BCUT2D eigenvalue weighted by atomic mass is 16.6. The summed E-state index contributed by atoms with van der Waals surface area (Å²) in [7, 11) is 0.